The number of carbonyl (C=O) groups excluding carboxylic acids is 2. The smallest absolute Gasteiger partial charge is 0.352 e. The molecule has 1 fully saturated rings. The summed E-state index contributed by atoms with van der Waals surface area (Å²) in [5.74, 6) is -1.52. The van der Waals surface area contributed by atoms with Gasteiger partial charge in [-0.1, -0.05) is 5.16 Å². The molecule has 27 heavy (non-hydrogen) atoms. The van der Waals surface area contributed by atoms with Crippen molar-refractivity contribution in [3.8, 4) is 0 Å². The average molecular weight is 430 g/mol. The molecule has 2 aliphatic heterocycles. The number of thiazole rings is 1. The molecule has 13 heteroatoms. The summed E-state index contributed by atoms with van der Waals surface area (Å²) in [6.45, 7) is 0. The van der Waals surface area contributed by atoms with Crippen LogP contribution in [0.4, 0.5) is 5.13 Å². The minimum Gasteiger partial charge on any atom is -0.477 e. The topological polar surface area (TPSA) is 158 Å². The Balaban J connectivity index is 1.77. The third kappa shape index (κ3) is 3.49. The van der Waals surface area contributed by atoms with E-state index in [1.807, 2.05) is 6.26 Å². The number of β-lactam (4-membered cyclic amide) rings is 1. The fourth-order valence-electron chi connectivity index (χ4n) is 2.79. The van der Waals surface area contributed by atoms with E-state index in [-0.39, 0.29) is 22.2 Å². The number of carboxylic acids is 1. The number of fused-ring (bicyclic) bond motifs is 1. The van der Waals surface area contributed by atoms with Crippen molar-refractivity contribution < 1.29 is 24.7 Å². The Hall–Kier alpha value is -2.25. The minimum absolute atomic E-state index is 0.0214. The Bertz CT molecular complexity index is 867. The number of amides is 2. The zero-order chi connectivity index (χ0) is 19.7. The van der Waals surface area contributed by atoms with Crippen molar-refractivity contribution in [3.63, 3.8) is 0 Å². The number of rotatable bonds is 6. The van der Waals surface area contributed by atoms with Crippen molar-refractivity contribution in [2.24, 2.45) is 5.16 Å². The van der Waals surface area contributed by atoms with Gasteiger partial charge in [-0.05, 0) is 11.8 Å². The van der Waals surface area contributed by atoms with E-state index < -0.39 is 29.2 Å². The van der Waals surface area contributed by atoms with Gasteiger partial charge in [0.2, 0.25) is 0 Å². The number of aliphatic carboxylic acids is 1. The molecule has 1 aromatic rings. The van der Waals surface area contributed by atoms with Crippen LogP contribution in [-0.2, 0) is 14.4 Å². The van der Waals surface area contributed by atoms with Crippen LogP contribution in [0.15, 0.2) is 21.8 Å². The average Bonchev–Trinajstić information content (AvgIpc) is 3.05. The van der Waals surface area contributed by atoms with Crippen molar-refractivity contribution in [2.45, 2.75) is 11.4 Å². The number of hydrogen-bond donors (Lipinski definition) is 4. The molecule has 3 rings (SSSR count). The number of oxime groups is 1. The highest BCUT2D eigenvalue weighted by atomic mass is 32.2. The summed E-state index contributed by atoms with van der Waals surface area (Å²) in [5, 5.41) is 25.2. The molecule has 1 unspecified atom stereocenters. The molecule has 3 heterocycles. The number of carbonyl (C=O) groups is 3. The first-order chi connectivity index (χ1) is 12.9. The number of nitrogens with zero attached hydrogens (tertiary/aromatic N) is 3. The monoisotopic (exact) mass is 429 g/mol. The van der Waals surface area contributed by atoms with Crippen molar-refractivity contribution in [3.05, 3.63) is 22.3 Å². The van der Waals surface area contributed by atoms with Crippen LogP contribution in [0, 0.1) is 0 Å². The number of nitrogen functional groups attached to an aromatic ring is 1. The molecule has 0 aliphatic carbocycles. The highest BCUT2D eigenvalue weighted by Gasteiger charge is 2.54. The third-order valence-electron chi connectivity index (χ3n) is 3.93. The summed E-state index contributed by atoms with van der Waals surface area (Å²) in [4.78, 5) is 41.6. The van der Waals surface area contributed by atoms with Crippen LogP contribution in [0.2, 0.25) is 0 Å². The van der Waals surface area contributed by atoms with E-state index >= 15 is 0 Å². The lowest BCUT2D eigenvalue weighted by molar-refractivity contribution is -0.150. The normalized spacial score (nSPS) is 22.3. The summed E-state index contributed by atoms with van der Waals surface area (Å²) in [7, 11) is 0. The molecule has 0 saturated carbocycles. The van der Waals surface area contributed by atoms with Gasteiger partial charge in [0.15, 0.2) is 10.8 Å². The lowest BCUT2D eigenvalue weighted by Gasteiger charge is -2.49. The molecule has 0 aromatic carbocycles. The molecule has 2 aliphatic rings. The van der Waals surface area contributed by atoms with Crippen molar-refractivity contribution in [1.29, 1.82) is 0 Å². The molecule has 5 N–H and O–H groups in total. The van der Waals surface area contributed by atoms with E-state index in [0.717, 1.165) is 11.3 Å². The Morgan fingerprint density at radius 3 is 2.85 bits per heavy atom. The first-order valence-electron chi connectivity index (χ1n) is 7.52. The van der Waals surface area contributed by atoms with Gasteiger partial charge in [0.05, 0.1) is 0 Å². The first kappa shape index (κ1) is 19.5. The van der Waals surface area contributed by atoms with Gasteiger partial charge in [0.25, 0.3) is 11.8 Å². The zero-order valence-corrected chi connectivity index (χ0v) is 16.4. The lowest BCUT2D eigenvalue weighted by atomic mass is 10.0. The fourth-order valence-corrected chi connectivity index (χ4v) is 5.40. The SMILES string of the molecule is CSCC1=C(C(=O)O)N2C(=O)C(NC(=O)C(=NO)c3csc(N)n3)[C@H]2SC1. The summed E-state index contributed by atoms with van der Waals surface area (Å²) in [6.07, 6.45) is 1.85. The number of aromatic nitrogens is 1. The number of nitrogens with one attached hydrogen (secondary N) is 1. The summed E-state index contributed by atoms with van der Waals surface area (Å²) in [6, 6.07) is -0.916. The number of nitrogens with two attached hydrogens (primary N) is 1. The molecule has 1 aromatic heterocycles. The number of hydrogen-bond acceptors (Lipinski definition) is 10. The largest absolute Gasteiger partial charge is 0.477 e. The molecule has 2 atom stereocenters. The summed E-state index contributed by atoms with van der Waals surface area (Å²) < 4.78 is 0. The second-order valence-corrected chi connectivity index (χ2v) is 8.43. The molecule has 0 bridgehead atoms. The predicted molar refractivity (Wildman–Crippen MR) is 103 cm³/mol. The Morgan fingerprint density at radius 2 is 2.30 bits per heavy atom. The molecule has 10 nitrogen and oxygen atoms in total. The highest BCUT2D eigenvalue weighted by molar-refractivity contribution is 8.00. The predicted octanol–water partition coefficient (Wildman–Crippen LogP) is 0.00520. The molecular formula is C14H15N5O5S3. The van der Waals surface area contributed by atoms with E-state index in [4.69, 9.17) is 10.9 Å². The van der Waals surface area contributed by atoms with E-state index in [0.29, 0.717) is 17.1 Å². The van der Waals surface area contributed by atoms with E-state index in [2.05, 4.69) is 15.5 Å². The van der Waals surface area contributed by atoms with Gasteiger partial charge in [0, 0.05) is 16.9 Å². The van der Waals surface area contributed by atoms with Crippen LogP contribution in [0.5, 0.6) is 0 Å². The third-order valence-corrected chi connectivity index (χ3v) is 6.59. The van der Waals surface area contributed by atoms with Crippen LogP contribution < -0.4 is 11.1 Å². The van der Waals surface area contributed by atoms with E-state index in [1.165, 1.54) is 33.8 Å². The van der Waals surface area contributed by atoms with Crippen LogP contribution in [0.1, 0.15) is 5.69 Å². The maximum atomic E-state index is 12.5. The van der Waals surface area contributed by atoms with Gasteiger partial charge in [-0.25, -0.2) is 9.78 Å². The van der Waals surface area contributed by atoms with Crippen molar-refractivity contribution in [2.75, 3.05) is 23.5 Å². The van der Waals surface area contributed by atoms with Gasteiger partial charge < -0.3 is 21.4 Å². The van der Waals surface area contributed by atoms with E-state index in [9.17, 15) is 19.5 Å². The van der Waals surface area contributed by atoms with Gasteiger partial charge in [-0.15, -0.1) is 23.1 Å². The van der Waals surface area contributed by atoms with Crippen molar-refractivity contribution >= 4 is 63.5 Å². The molecule has 2 amide bonds. The Morgan fingerprint density at radius 1 is 1.56 bits per heavy atom. The van der Waals surface area contributed by atoms with Crippen LogP contribution >= 0.6 is 34.9 Å². The van der Waals surface area contributed by atoms with Crippen LogP contribution in [0.25, 0.3) is 0 Å². The molecule has 144 valence electrons. The molecule has 0 spiro atoms. The Labute approximate surface area is 165 Å². The molecular weight excluding hydrogens is 414 g/mol. The molecule has 0 radical (unpaired) electrons. The maximum absolute atomic E-state index is 12.5. The standard InChI is InChI=1S/C14H15N5O5S3/c1-25-2-5-3-26-12-8(11(21)19(12)9(5)13(22)23)17-10(20)7(18-24)6-4-27-14(15)16-6/h4,8,12,24H,2-3H2,1H3,(H2,15,16)(H,17,20)(H,22,23)/t8?,12-/m1/s1. The van der Waals surface area contributed by atoms with E-state index in [1.54, 1.807) is 0 Å². The quantitative estimate of drug-likeness (QED) is 0.211. The zero-order valence-electron chi connectivity index (χ0n) is 13.9. The fraction of sp³-hybridized carbons (Fsp3) is 0.357. The van der Waals surface area contributed by atoms with Gasteiger partial charge in [-0.3, -0.25) is 14.5 Å². The number of anilines is 1. The van der Waals surface area contributed by atoms with Crippen LogP contribution in [-0.4, -0.2) is 72.9 Å². The lowest BCUT2D eigenvalue weighted by Crippen LogP contribution is -2.71. The van der Waals surface area contributed by atoms with Gasteiger partial charge in [0.1, 0.15) is 22.8 Å². The summed E-state index contributed by atoms with van der Waals surface area (Å²) >= 11 is 3.92. The summed E-state index contributed by atoms with van der Waals surface area (Å²) in [5.41, 5.74) is 5.88. The van der Waals surface area contributed by atoms with Gasteiger partial charge in [-0.2, -0.15) is 11.8 Å². The number of carboxylic acid groups (broad SMARTS) is 1. The molecule has 1 saturated heterocycles. The first-order valence-corrected chi connectivity index (χ1v) is 10.8. The second-order valence-electron chi connectivity index (χ2n) is 5.57. The maximum Gasteiger partial charge on any atom is 0.352 e. The van der Waals surface area contributed by atoms with Crippen molar-refractivity contribution in [1.82, 2.24) is 15.2 Å². The Kier molecular flexibility index (Phi) is 5.62. The minimum atomic E-state index is -1.17. The highest BCUT2D eigenvalue weighted by Crippen LogP contribution is 2.40. The van der Waals surface area contributed by atoms with Gasteiger partial charge >= 0.3 is 5.97 Å². The number of thioether (sulfide) groups is 2. The second kappa shape index (κ2) is 7.78. The van der Waals surface area contributed by atoms with Crippen LogP contribution in [0.3, 0.4) is 0 Å².